The van der Waals surface area contributed by atoms with Gasteiger partial charge in [0.15, 0.2) is 0 Å². The predicted molar refractivity (Wildman–Crippen MR) is 86.5 cm³/mol. The molecular formula is C15H21ClN2S. The molecule has 0 atom stereocenters. The number of nitrogens with zero attached hydrogens (tertiary/aromatic N) is 1. The Balaban J connectivity index is 0.00000180. The van der Waals surface area contributed by atoms with Crippen LogP contribution in [0.4, 0.5) is 0 Å². The number of thiazole rings is 1. The Labute approximate surface area is 125 Å². The van der Waals surface area contributed by atoms with E-state index in [1.165, 1.54) is 16.1 Å². The molecule has 2 aromatic rings. The first-order chi connectivity index (χ1) is 8.70. The highest BCUT2D eigenvalue weighted by atomic mass is 35.5. The molecule has 0 aliphatic rings. The summed E-state index contributed by atoms with van der Waals surface area (Å²) in [5.74, 6) is 0.584. The lowest BCUT2D eigenvalue weighted by molar-refractivity contribution is 0.788. The first-order valence-corrected chi connectivity index (χ1v) is 7.28. The van der Waals surface area contributed by atoms with Crippen molar-refractivity contribution in [3.05, 3.63) is 40.2 Å². The number of hydrogen-bond donors (Lipinski definition) is 1. The number of hydrogen-bond acceptors (Lipinski definition) is 3. The second-order valence-corrected chi connectivity index (χ2v) is 5.70. The molecule has 0 amide bonds. The normalized spacial score (nSPS) is 10.5. The standard InChI is InChI=1S/C15H20N2S.ClH/c1-11(2)12-4-6-13(7-5-12)14-10-18-15(17-14)8-9-16-3;/h4-7,10-11,16H,8-9H2,1-3H3;1H. The fourth-order valence-electron chi connectivity index (χ4n) is 1.83. The average molecular weight is 297 g/mol. The van der Waals surface area contributed by atoms with Crippen LogP contribution in [0.5, 0.6) is 0 Å². The molecule has 1 aromatic heterocycles. The third kappa shape index (κ3) is 4.30. The predicted octanol–water partition coefficient (Wildman–Crippen LogP) is 4.12. The largest absolute Gasteiger partial charge is 0.319 e. The minimum absolute atomic E-state index is 0. The smallest absolute Gasteiger partial charge is 0.0945 e. The van der Waals surface area contributed by atoms with E-state index in [-0.39, 0.29) is 12.4 Å². The quantitative estimate of drug-likeness (QED) is 0.898. The third-order valence-corrected chi connectivity index (χ3v) is 3.92. The van der Waals surface area contributed by atoms with Crippen molar-refractivity contribution in [2.24, 2.45) is 0 Å². The molecule has 0 spiro atoms. The van der Waals surface area contributed by atoms with Gasteiger partial charge in [-0.1, -0.05) is 38.1 Å². The maximum atomic E-state index is 4.67. The van der Waals surface area contributed by atoms with Crippen LogP contribution in [0.3, 0.4) is 0 Å². The van der Waals surface area contributed by atoms with E-state index < -0.39 is 0 Å². The Bertz CT molecular complexity index is 491. The van der Waals surface area contributed by atoms with Crippen molar-refractivity contribution in [2.75, 3.05) is 13.6 Å². The van der Waals surface area contributed by atoms with Crippen molar-refractivity contribution in [3.8, 4) is 11.3 Å². The molecular weight excluding hydrogens is 276 g/mol. The van der Waals surface area contributed by atoms with Gasteiger partial charge in [-0.3, -0.25) is 0 Å². The zero-order valence-electron chi connectivity index (χ0n) is 11.6. The topological polar surface area (TPSA) is 24.9 Å². The molecule has 0 aliphatic carbocycles. The van der Waals surface area contributed by atoms with E-state index in [1.807, 2.05) is 7.05 Å². The fourth-order valence-corrected chi connectivity index (χ4v) is 2.64. The number of rotatable bonds is 5. The Morgan fingerprint density at radius 2 is 1.89 bits per heavy atom. The van der Waals surface area contributed by atoms with Gasteiger partial charge in [0.05, 0.1) is 10.7 Å². The fraction of sp³-hybridized carbons (Fsp3) is 0.400. The van der Waals surface area contributed by atoms with Crippen LogP contribution in [0, 0.1) is 0 Å². The van der Waals surface area contributed by atoms with E-state index in [1.54, 1.807) is 11.3 Å². The molecule has 4 heteroatoms. The lowest BCUT2D eigenvalue weighted by atomic mass is 10.0. The van der Waals surface area contributed by atoms with Crippen molar-refractivity contribution in [2.45, 2.75) is 26.2 Å². The van der Waals surface area contributed by atoms with E-state index in [0.717, 1.165) is 18.7 Å². The van der Waals surface area contributed by atoms with E-state index in [2.05, 4.69) is 53.8 Å². The second-order valence-electron chi connectivity index (χ2n) is 4.76. The number of likely N-dealkylation sites (N-methyl/N-ethyl adjacent to an activating group) is 1. The van der Waals surface area contributed by atoms with Crippen molar-refractivity contribution >= 4 is 23.7 Å². The highest BCUT2D eigenvalue weighted by Crippen LogP contribution is 2.24. The van der Waals surface area contributed by atoms with Gasteiger partial charge in [-0.2, -0.15) is 0 Å². The van der Waals surface area contributed by atoms with Gasteiger partial charge in [0.25, 0.3) is 0 Å². The van der Waals surface area contributed by atoms with E-state index >= 15 is 0 Å². The lowest BCUT2D eigenvalue weighted by Gasteiger charge is -2.05. The van der Waals surface area contributed by atoms with E-state index in [0.29, 0.717) is 5.92 Å². The molecule has 0 bridgehead atoms. The summed E-state index contributed by atoms with van der Waals surface area (Å²) in [5.41, 5.74) is 3.69. The van der Waals surface area contributed by atoms with E-state index in [4.69, 9.17) is 0 Å². The van der Waals surface area contributed by atoms with E-state index in [9.17, 15) is 0 Å². The van der Waals surface area contributed by atoms with Gasteiger partial charge in [-0.15, -0.1) is 23.7 Å². The number of benzene rings is 1. The van der Waals surface area contributed by atoms with Crippen LogP contribution in [0.25, 0.3) is 11.3 Å². The Hall–Kier alpha value is -0.900. The van der Waals surface area contributed by atoms with Crippen molar-refractivity contribution in [1.82, 2.24) is 10.3 Å². The van der Waals surface area contributed by atoms with Crippen LogP contribution >= 0.6 is 23.7 Å². The molecule has 104 valence electrons. The molecule has 0 saturated heterocycles. The van der Waals surface area contributed by atoms with Crippen molar-refractivity contribution < 1.29 is 0 Å². The summed E-state index contributed by atoms with van der Waals surface area (Å²) in [7, 11) is 1.97. The monoisotopic (exact) mass is 296 g/mol. The second kappa shape index (κ2) is 7.63. The Morgan fingerprint density at radius 1 is 1.21 bits per heavy atom. The first kappa shape index (κ1) is 16.2. The highest BCUT2D eigenvalue weighted by molar-refractivity contribution is 7.09. The summed E-state index contributed by atoms with van der Waals surface area (Å²) < 4.78 is 0. The van der Waals surface area contributed by atoms with Crippen molar-refractivity contribution in [3.63, 3.8) is 0 Å². The van der Waals surface area contributed by atoms with Crippen LogP contribution in [0.2, 0.25) is 0 Å². The van der Waals surface area contributed by atoms with Crippen LogP contribution in [-0.4, -0.2) is 18.6 Å². The SMILES string of the molecule is CNCCc1nc(-c2ccc(C(C)C)cc2)cs1.Cl. The summed E-state index contributed by atoms with van der Waals surface area (Å²) in [5, 5.41) is 6.50. The van der Waals surface area contributed by atoms with Gasteiger partial charge >= 0.3 is 0 Å². The molecule has 0 aliphatic heterocycles. The summed E-state index contributed by atoms with van der Waals surface area (Å²) >= 11 is 1.74. The maximum Gasteiger partial charge on any atom is 0.0945 e. The van der Waals surface area contributed by atoms with Gasteiger partial charge in [-0.25, -0.2) is 4.98 Å². The van der Waals surface area contributed by atoms with Crippen LogP contribution in [0.1, 0.15) is 30.3 Å². The number of nitrogens with one attached hydrogen (secondary N) is 1. The highest BCUT2D eigenvalue weighted by Gasteiger charge is 2.05. The van der Waals surface area contributed by atoms with Crippen LogP contribution in [-0.2, 0) is 6.42 Å². The zero-order valence-corrected chi connectivity index (χ0v) is 13.3. The molecule has 1 aromatic carbocycles. The van der Waals surface area contributed by atoms with Gasteiger partial charge in [-0.05, 0) is 18.5 Å². The van der Waals surface area contributed by atoms with Crippen molar-refractivity contribution in [1.29, 1.82) is 0 Å². The molecule has 2 rings (SSSR count). The average Bonchev–Trinajstić information content (AvgIpc) is 2.85. The summed E-state index contributed by atoms with van der Waals surface area (Å²) in [6.45, 7) is 5.42. The molecule has 0 radical (unpaired) electrons. The number of aromatic nitrogens is 1. The lowest BCUT2D eigenvalue weighted by Crippen LogP contribution is -2.09. The summed E-state index contributed by atoms with van der Waals surface area (Å²) in [6, 6.07) is 8.75. The molecule has 0 fully saturated rings. The van der Waals surface area contributed by atoms with Gasteiger partial charge in [0, 0.05) is 23.9 Å². The van der Waals surface area contributed by atoms with Crippen LogP contribution < -0.4 is 5.32 Å². The Kier molecular flexibility index (Phi) is 6.49. The van der Waals surface area contributed by atoms with Gasteiger partial charge in [0.1, 0.15) is 0 Å². The van der Waals surface area contributed by atoms with Gasteiger partial charge in [0.2, 0.25) is 0 Å². The molecule has 2 nitrogen and oxygen atoms in total. The van der Waals surface area contributed by atoms with Gasteiger partial charge < -0.3 is 5.32 Å². The third-order valence-electron chi connectivity index (χ3n) is 3.01. The molecule has 1 heterocycles. The minimum Gasteiger partial charge on any atom is -0.319 e. The Morgan fingerprint density at radius 3 is 2.47 bits per heavy atom. The molecule has 0 unspecified atom stereocenters. The molecule has 1 N–H and O–H groups in total. The molecule has 19 heavy (non-hydrogen) atoms. The minimum atomic E-state index is 0. The summed E-state index contributed by atoms with van der Waals surface area (Å²) in [4.78, 5) is 4.67. The number of halogens is 1. The first-order valence-electron chi connectivity index (χ1n) is 6.40. The maximum absolute atomic E-state index is 4.67. The summed E-state index contributed by atoms with van der Waals surface area (Å²) in [6.07, 6.45) is 1.01. The van der Waals surface area contributed by atoms with Crippen LogP contribution in [0.15, 0.2) is 29.6 Å². The molecule has 0 saturated carbocycles. The zero-order chi connectivity index (χ0) is 13.0.